The first-order valence-corrected chi connectivity index (χ1v) is 12.8. The van der Waals surface area contributed by atoms with E-state index in [4.69, 9.17) is 11.6 Å². The van der Waals surface area contributed by atoms with Crippen molar-refractivity contribution in [3.05, 3.63) is 83.3 Å². The van der Waals surface area contributed by atoms with Gasteiger partial charge in [-0.15, -0.1) is 0 Å². The fourth-order valence-corrected chi connectivity index (χ4v) is 5.69. The van der Waals surface area contributed by atoms with Crippen LogP contribution in [-0.2, 0) is 9.59 Å². The van der Waals surface area contributed by atoms with Gasteiger partial charge in [0.2, 0.25) is 11.8 Å². The van der Waals surface area contributed by atoms with Crippen molar-refractivity contribution in [2.24, 2.45) is 0 Å². The quantitative estimate of drug-likeness (QED) is 0.384. The van der Waals surface area contributed by atoms with Crippen LogP contribution in [0.5, 0.6) is 0 Å². The van der Waals surface area contributed by atoms with Gasteiger partial charge in [0.25, 0.3) is 0 Å². The van der Waals surface area contributed by atoms with Gasteiger partial charge in [-0.2, -0.15) is 0 Å². The van der Waals surface area contributed by atoms with Gasteiger partial charge in [-0.3, -0.25) is 14.6 Å². The SMILES string of the molecule is CC(=O)Nc1cc(Cl)c(-c2ccccn2)cc1/C=C/C(=O)N1[C@@H]2CC[C@H]1CC(Nc1ccc(F)cc1)C2. The van der Waals surface area contributed by atoms with Crippen LogP contribution in [0, 0.1) is 5.82 Å². The van der Waals surface area contributed by atoms with Crippen LogP contribution in [0.2, 0.25) is 5.02 Å². The highest BCUT2D eigenvalue weighted by Gasteiger charge is 2.42. The molecule has 5 rings (SSSR count). The minimum atomic E-state index is -0.257. The average Bonchev–Trinajstić information content (AvgIpc) is 3.15. The topological polar surface area (TPSA) is 74.3 Å². The van der Waals surface area contributed by atoms with Crippen molar-refractivity contribution in [3.8, 4) is 11.3 Å². The molecule has 2 saturated heterocycles. The highest BCUT2D eigenvalue weighted by molar-refractivity contribution is 6.33. The molecule has 190 valence electrons. The molecular weight excluding hydrogens is 491 g/mol. The van der Waals surface area contributed by atoms with Gasteiger partial charge < -0.3 is 15.5 Å². The van der Waals surface area contributed by atoms with Crippen LogP contribution in [0.4, 0.5) is 15.8 Å². The number of amides is 2. The summed E-state index contributed by atoms with van der Waals surface area (Å²) < 4.78 is 13.2. The Balaban J connectivity index is 1.34. The second-order valence-corrected chi connectivity index (χ2v) is 10.0. The Labute approximate surface area is 220 Å². The molecule has 6 nitrogen and oxygen atoms in total. The third-order valence-corrected chi connectivity index (χ3v) is 7.31. The number of pyridine rings is 1. The van der Waals surface area contributed by atoms with Crippen molar-refractivity contribution < 1.29 is 14.0 Å². The van der Waals surface area contributed by atoms with Crippen molar-refractivity contribution in [2.75, 3.05) is 10.6 Å². The van der Waals surface area contributed by atoms with E-state index in [-0.39, 0.29) is 35.8 Å². The Morgan fingerprint density at radius 2 is 1.81 bits per heavy atom. The Morgan fingerprint density at radius 3 is 2.46 bits per heavy atom. The molecule has 8 heteroatoms. The third-order valence-electron chi connectivity index (χ3n) is 7.00. The summed E-state index contributed by atoms with van der Waals surface area (Å²) in [6.07, 6.45) is 8.62. The minimum absolute atomic E-state index is 0.0455. The third kappa shape index (κ3) is 5.67. The summed E-state index contributed by atoms with van der Waals surface area (Å²) in [6.45, 7) is 1.43. The number of benzene rings is 2. The second-order valence-electron chi connectivity index (χ2n) is 9.60. The van der Waals surface area contributed by atoms with Crippen LogP contribution in [0.25, 0.3) is 17.3 Å². The molecule has 2 aliphatic rings. The van der Waals surface area contributed by atoms with E-state index in [1.807, 2.05) is 29.2 Å². The number of halogens is 2. The Hall–Kier alpha value is -3.71. The van der Waals surface area contributed by atoms with E-state index in [2.05, 4.69) is 15.6 Å². The standard InChI is InChI=1S/C29H28ClFN4O2/c1-18(36)33-28-17-26(30)25(27-4-2-3-13-32-27)14-19(28)5-12-29(37)35-23-10-11-24(35)16-22(15-23)34-21-8-6-20(31)7-9-21/h2-9,12-14,17,22-24,34H,10-11,15-16H2,1H3,(H,33,36)/b12-5+/t22?,23-,24+. The zero-order valence-electron chi connectivity index (χ0n) is 20.5. The lowest BCUT2D eigenvalue weighted by Gasteiger charge is -2.39. The van der Waals surface area contributed by atoms with E-state index in [1.165, 1.54) is 19.1 Å². The second kappa shape index (κ2) is 10.7. The number of nitrogens with one attached hydrogen (secondary N) is 2. The van der Waals surface area contributed by atoms with Gasteiger partial charge in [-0.05, 0) is 85.9 Å². The Kier molecular flexibility index (Phi) is 7.24. The summed E-state index contributed by atoms with van der Waals surface area (Å²) in [5, 5.41) is 6.76. The molecule has 0 saturated carbocycles. The molecule has 2 aromatic carbocycles. The number of rotatable bonds is 6. The summed E-state index contributed by atoms with van der Waals surface area (Å²) in [5.74, 6) is -0.528. The van der Waals surface area contributed by atoms with E-state index < -0.39 is 0 Å². The van der Waals surface area contributed by atoms with Crippen LogP contribution in [0.15, 0.2) is 66.9 Å². The monoisotopic (exact) mass is 518 g/mol. The van der Waals surface area contributed by atoms with Crippen LogP contribution >= 0.6 is 11.6 Å². The zero-order chi connectivity index (χ0) is 25.9. The van der Waals surface area contributed by atoms with Crippen molar-refractivity contribution >= 4 is 40.9 Å². The van der Waals surface area contributed by atoms with Gasteiger partial charge in [0.05, 0.1) is 10.7 Å². The zero-order valence-corrected chi connectivity index (χ0v) is 21.2. The van der Waals surface area contributed by atoms with Crippen LogP contribution in [0.3, 0.4) is 0 Å². The molecule has 3 aromatic rings. The van der Waals surface area contributed by atoms with Crippen molar-refractivity contribution in [2.45, 2.75) is 50.7 Å². The van der Waals surface area contributed by atoms with E-state index >= 15 is 0 Å². The largest absolute Gasteiger partial charge is 0.382 e. The number of hydrogen-bond acceptors (Lipinski definition) is 4. The maximum atomic E-state index is 13.3. The molecule has 0 spiro atoms. The lowest BCUT2D eigenvalue weighted by atomic mass is 9.96. The molecule has 0 aliphatic carbocycles. The van der Waals surface area contributed by atoms with E-state index in [0.717, 1.165) is 36.9 Å². The van der Waals surface area contributed by atoms with E-state index in [1.54, 1.807) is 36.5 Å². The molecule has 2 N–H and O–H groups in total. The molecule has 2 aliphatic heterocycles. The number of hydrogen-bond donors (Lipinski definition) is 2. The van der Waals surface area contributed by atoms with Crippen molar-refractivity contribution in [3.63, 3.8) is 0 Å². The molecule has 1 unspecified atom stereocenters. The van der Waals surface area contributed by atoms with E-state index in [0.29, 0.717) is 22.0 Å². The van der Waals surface area contributed by atoms with E-state index in [9.17, 15) is 14.0 Å². The fourth-order valence-electron chi connectivity index (χ4n) is 5.43. The Bertz CT molecular complexity index is 1320. The van der Waals surface area contributed by atoms with Crippen LogP contribution in [0.1, 0.15) is 38.2 Å². The number of anilines is 2. The first-order valence-electron chi connectivity index (χ1n) is 12.4. The average molecular weight is 519 g/mol. The van der Waals surface area contributed by atoms with Crippen molar-refractivity contribution in [1.82, 2.24) is 9.88 Å². The van der Waals surface area contributed by atoms with Gasteiger partial charge >= 0.3 is 0 Å². The molecule has 0 radical (unpaired) electrons. The van der Waals surface area contributed by atoms with Crippen LogP contribution in [-0.4, -0.2) is 39.8 Å². The first-order chi connectivity index (χ1) is 17.9. The highest BCUT2D eigenvalue weighted by atomic mass is 35.5. The summed E-state index contributed by atoms with van der Waals surface area (Å²) >= 11 is 6.51. The number of piperidine rings is 1. The lowest BCUT2D eigenvalue weighted by molar-refractivity contribution is -0.130. The molecule has 37 heavy (non-hydrogen) atoms. The molecule has 2 bridgehead atoms. The molecule has 2 amide bonds. The maximum absolute atomic E-state index is 13.3. The van der Waals surface area contributed by atoms with Gasteiger partial charge in [0.1, 0.15) is 5.82 Å². The van der Waals surface area contributed by atoms with Gasteiger partial charge in [-0.1, -0.05) is 17.7 Å². The number of fused-ring (bicyclic) bond motifs is 2. The molecule has 1 aromatic heterocycles. The summed E-state index contributed by atoms with van der Waals surface area (Å²) in [6, 6.07) is 16.0. The molecule has 3 atom stereocenters. The lowest BCUT2D eigenvalue weighted by Crippen LogP contribution is -2.49. The molecule has 3 heterocycles. The smallest absolute Gasteiger partial charge is 0.247 e. The summed E-state index contributed by atoms with van der Waals surface area (Å²) in [4.78, 5) is 31.5. The minimum Gasteiger partial charge on any atom is -0.382 e. The predicted molar refractivity (Wildman–Crippen MR) is 145 cm³/mol. The number of carbonyl (C=O) groups excluding carboxylic acids is 2. The highest BCUT2D eigenvalue weighted by Crippen LogP contribution is 2.38. The Morgan fingerprint density at radius 1 is 1.08 bits per heavy atom. The van der Waals surface area contributed by atoms with Gasteiger partial charge in [0.15, 0.2) is 0 Å². The van der Waals surface area contributed by atoms with Gasteiger partial charge in [-0.25, -0.2) is 4.39 Å². The fraction of sp³-hybridized carbons (Fsp3) is 0.276. The molecular formula is C29H28ClFN4O2. The van der Waals surface area contributed by atoms with Crippen LogP contribution < -0.4 is 10.6 Å². The number of nitrogens with zero attached hydrogens (tertiary/aromatic N) is 2. The van der Waals surface area contributed by atoms with Gasteiger partial charge in [0, 0.05) is 54.3 Å². The normalized spacial score (nSPS) is 20.7. The maximum Gasteiger partial charge on any atom is 0.247 e. The first kappa shape index (κ1) is 25.0. The van der Waals surface area contributed by atoms with Crippen molar-refractivity contribution in [1.29, 1.82) is 0 Å². The summed E-state index contributed by atoms with van der Waals surface area (Å²) in [5.41, 5.74) is 3.52. The molecule has 2 fully saturated rings. The number of carbonyl (C=O) groups is 2. The summed E-state index contributed by atoms with van der Waals surface area (Å²) in [7, 11) is 0. The number of aromatic nitrogens is 1. The predicted octanol–water partition coefficient (Wildman–Crippen LogP) is 6.15.